The second kappa shape index (κ2) is 11.2. The van der Waals surface area contributed by atoms with Gasteiger partial charge >= 0.3 is 5.97 Å². The first-order valence-electron chi connectivity index (χ1n) is 16.8. The summed E-state index contributed by atoms with van der Waals surface area (Å²) in [7, 11) is 3.00. The van der Waals surface area contributed by atoms with Crippen molar-refractivity contribution in [1.29, 1.82) is 0 Å². The molecule has 3 aromatic carbocycles. The maximum atomic E-state index is 14.5. The molecule has 1 unspecified atom stereocenters. The molecule has 0 aromatic heterocycles. The van der Waals surface area contributed by atoms with Crippen molar-refractivity contribution in [2.45, 2.75) is 67.9 Å². The van der Waals surface area contributed by atoms with Crippen LogP contribution >= 0.6 is 11.8 Å². The predicted octanol–water partition coefficient (Wildman–Crippen LogP) is 2.85. The van der Waals surface area contributed by atoms with Crippen LogP contribution in [0.15, 0.2) is 18.2 Å². The van der Waals surface area contributed by atoms with E-state index in [1.165, 1.54) is 26.0 Å². The fourth-order valence-electron chi connectivity index (χ4n) is 9.34. The number of thioether (sulfide) groups is 1. The second-order valence-electron chi connectivity index (χ2n) is 13.9. The summed E-state index contributed by atoms with van der Waals surface area (Å²) in [6.07, 6.45) is 0.00351. The largest absolute Gasteiger partial charge is 0.507 e. The zero-order valence-corrected chi connectivity index (χ0v) is 28.8. The Bertz CT molecular complexity index is 1970. The normalized spacial score (nSPS) is 30.5. The molecular formula is C36H39N3O10S. The summed E-state index contributed by atoms with van der Waals surface area (Å²) >= 11 is 1.46. The Labute approximate surface area is 292 Å². The van der Waals surface area contributed by atoms with Crippen LogP contribution in [0.1, 0.15) is 61.8 Å². The highest BCUT2D eigenvalue weighted by molar-refractivity contribution is 7.99. The van der Waals surface area contributed by atoms with Crippen LogP contribution in [0.2, 0.25) is 0 Å². The molecule has 4 bridgehead atoms. The van der Waals surface area contributed by atoms with Gasteiger partial charge in [0.1, 0.15) is 18.6 Å². The van der Waals surface area contributed by atoms with Crippen molar-refractivity contribution in [2.75, 3.05) is 39.9 Å². The van der Waals surface area contributed by atoms with Crippen LogP contribution in [0.25, 0.3) is 0 Å². The number of carbonyl (C=O) groups is 1. The molecule has 0 amide bonds. The number of esters is 1. The summed E-state index contributed by atoms with van der Waals surface area (Å²) in [5, 5.41) is 53.3. The van der Waals surface area contributed by atoms with Gasteiger partial charge in [-0.25, -0.2) is 4.79 Å². The number of nitrogens with zero attached hydrogens (tertiary/aromatic N) is 1. The topological polar surface area (TPSA) is 171 Å². The number of aliphatic hydroxyl groups is 1. The summed E-state index contributed by atoms with van der Waals surface area (Å²) in [5.41, 5.74) is 4.29. The number of methoxy groups -OCH3 is 2. The third-order valence-corrected chi connectivity index (χ3v) is 13.0. The van der Waals surface area contributed by atoms with Crippen molar-refractivity contribution in [3.63, 3.8) is 0 Å². The van der Waals surface area contributed by atoms with E-state index in [9.17, 15) is 25.2 Å². The second-order valence-corrected chi connectivity index (χ2v) is 15.1. The smallest absolute Gasteiger partial charge is 0.331 e. The van der Waals surface area contributed by atoms with Crippen LogP contribution in [0.4, 0.5) is 0 Å². The van der Waals surface area contributed by atoms with Crippen LogP contribution in [0.5, 0.6) is 40.2 Å². The molecule has 7 aliphatic heterocycles. The highest BCUT2D eigenvalue weighted by Gasteiger charge is 2.59. The number of phenols is 3. The lowest BCUT2D eigenvalue weighted by atomic mass is 9.74. The number of carbonyl (C=O) groups excluding carboxylic acids is 1. The summed E-state index contributed by atoms with van der Waals surface area (Å²) in [6, 6.07) is 3.15. The van der Waals surface area contributed by atoms with E-state index in [1.54, 1.807) is 19.1 Å². The Hall–Kier alpha value is -4.08. The lowest BCUT2D eigenvalue weighted by molar-refractivity contribution is -0.164. The van der Waals surface area contributed by atoms with Gasteiger partial charge in [0.25, 0.3) is 0 Å². The molecule has 264 valence electrons. The molecule has 7 atom stereocenters. The molecule has 14 heteroatoms. The van der Waals surface area contributed by atoms with Gasteiger partial charge < -0.3 is 49.4 Å². The number of benzene rings is 3. The molecule has 10 rings (SSSR count). The minimum absolute atomic E-state index is 0.0115. The van der Waals surface area contributed by atoms with Crippen molar-refractivity contribution in [1.82, 2.24) is 15.5 Å². The van der Waals surface area contributed by atoms with Gasteiger partial charge in [0.05, 0.1) is 37.6 Å². The maximum absolute atomic E-state index is 14.5. The molecule has 50 heavy (non-hydrogen) atoms. The van der Waals surface area contributed by atoms with Crippen LogP contribution in [0, 0.1) is 13.8 Å². The summed E-state index contributed by atoms with van der Waals surface area (Å²) < 4.78 is 29.4. The lowest BCUT2D eigenvalue weighted by Gasteiger charge is -2.59. The van der Waals surface area contributed by atoms with Gasteiger partial charge in [0, 0.05) is 40.6 Å². The van der Waals surface area contributed by atoms with Crippen molar-refractivity contribution >= 4 is 17.7 Å². The van der Waals surface area contributed by atoms with Crippen molar-refractivity contribution in [2.24, 2.45) is 0 Å². The summed E-state index contributed by atoms with van der Waals surface area (Å²) in [5.74, 6) is 1.27. The Morgan fingerprint density at radius 3 is 2.56 bits per heavy atom. The highest BCUT2D eigenvalue weighted by Crippen LogP contribution is 2.63. The number of nitrogens with one attached hydrogen (secondary N) is 2. The standard InChI is InChI=1S/C36H39N3O10S/c1-14-7-17-8-19-34(43)39-20-11-47-35(44)36(18-10-22(45-3)21(40)9-16(18)5-6-37-36)12-50-33(27(39)26(38-19)23(17)29(42)30(14)46-4)25-24(20)32-31(48-13-49-32)15(2)28(25)41/h7,9-10,19-20,26-27,33-34,37-38,40-43H,5-6,8,11-13H2,1-4H3/t19-,20+,26+,27?,33-,34+,36-/m1/s1. The van der Waals surface area contributed by atoms with E-state index in [0.717, 1.165) is 16.7 Å². The SMILES string of the molecule is COc1cc2c(cc1O)CCN[C@]21CS[C@@H]2c3c(O)c(C)c4c(c3[C@H](COC1=O)N1C2[C@H]2N[C@H](Cc3cc(C)c(OC)c(O)c32)[C@@H]1O)OCO4. The number of aryl methyl sites for hydroxylation is 1. The number of phenolic OH excluding ortho intramolecular Hbond substituents is 3. The molecule has 0 aliphatic carbocycles. The third-order valence-electron chi connectivity index (χ3n) is 11.5. The number of aromatic hydroxyl groups is 3. The van der Waals surface area contributed by atoms with Gasteiger partial charge in [-0.2, -0.15) is 0 Å². The maximum Gasteiger partial charge on any atom is 0.331 e. The zero-order chi connectivity index (χ0) is 34.8. The van der Waals surface area contributed by atoms with Gasteiger partial charge in [-0.05, 0) is 61.1 Å². The van der Waals surface area contributed by atoms with E-state index in [2.05, 4.69) is 10.6 Å². The number of fused-ring (bicyclic) bond motifs is 9. The van der Waals surface area contributed by atoms with Crippen LogP contribution in [-0.4, -0.2) is 89.5 Å². The molecule has 1 spiro atoms. The molecule has 7 aliphatic rings. The van der Waals surface area contributed by atoms with E-state index in [-0.39, 0.29) is 42.2 Å². The first kappa shape index (κ1) is 31.9. The number of aliphatic hydroxyl groups excluding tert-OH is 1. The van der Waals surface area contributed by atoms with Gasteiger partial charge in [0.2, 0.25) is 6.79 Å². The number of ether oxygens (including phenoxy) is 5. The van der Waals surface area contributed by atoms with Gasteiger partial charge in [0.15, 0.2) is 40.0 Å². The first-order valence-corrected chi connectivity index (χ1v) is 17.8. The average Bonchev–Trinajstić information content (AvgIpc) is 3.60. The van der Waals surface area contributed by atoms with E-state index in [4.69, 9.17) is 23.7 Å². The first-order chi connectivity index (χ1) is 24.1. The van der Waals surface area contributed by atoms with Gasteiger partial charge in [-0.3, -0.25) is 10.2 Å². The van der Waals surface area contributed by atoms with Gasteiger partial charge in [-0.15, -0.1) is 11.8 Å². The number of rotatable bonds is 2. The van der Waals surface area contributed by atoms with E-state index < -0.39 is 47.2 Å². The molecule has 3 aromatic rings. The fraction of sp³-hybridized carbons (Fsp3) is 0.472. The third kappa shape index (κ3) is 4.13. The molecule has 13 nitrogen and oxygen atoms in total. The molecule has 2 fully saturated rings. The van der Waals surface area contributed by atoms with Gasteiger partial charge in [-0.1, -0.05) is 6.07 Å². The number of hydrogen-bond donors (Lipinski definition) is 6. The van der Waals surface area contributed by atoms with Crippen LogP contribution in [-0.2, 0) is 27.9 Å². The Balaban J connectivity index is 1.28. The van der Waals surface area contributed by atoms with Crippen molar-refractivity contribution < 1.29 is 48.9 Å². The molecule has 6 N–H and O–H groups in total. The van der Waals surface area contributed by atoms with Crippen LogP contribution < -0.4 is 29.6 Å². The lowest BCUT2D eigenvalue weighted by Crippen LogP contribution is -2.69. The molecule has 2 saturated heterocycles. The monoisotopic (exact) mass is 705 g/mol. The number of piperazine rings is 1. The molecular weight excluding hydrogens is 666 g/mol. The molecule has 0 saturated carbocycles. The van der Waals surface area contributed by atoms with Crippen molar-refractivity contribution in [3.8, 4) is 40.2 Å². The zero-order valence-electron chi connectivity index (χ0n) is 28.0. The minimum atomic E-state index is -1.32. The van der Waals surface area contributed by atoms with Crippen molar-refractivity contribution in [3.05, 3.63) is 62.7 Å². The Kier molecular flexibility index (Phi) is 7.14. The predicted molar refractivity (Wildman–Crippen MR) is 180 cm³/mol. The van der Waals surface area contributed by atoms with E-state index >= 15 is 0 Å². The number of hydrogen-bond acceptors (Lipinski definition) is 14. The fourth-order valence-corrected chi connectivity index (χ4v) is 11.0. The highest BCUT2D eigenvalue weighted by atomic mass is 32.2. The quantitative estimate of drug-likeness (QED) is 0.215. The summed E-state index contributed by atoms with van der Waals surface area (Å²) in [4.78, 5) is 16.5. The average molecular weight is 706 g/mol. The molecule has 0 radical (unpaired) electrons. The van der Waals surface area contributed by atoms with Crippen LogP contribution in [0.3, 0.4) is 0 Å². The van der Waals surface area contributed by atoms with E-state index in [0.29, 0.717) is 64.5 Å². The Morgan fingerprint density at radius 1 is 0.980 bits per heavy atom. The minimum Gasteiger partial charge on any atom is -0.507 e. The molecule has 7 heterocycles. The summed E-state index contributed by atoms with van der Waals surface area (Å²) in [6.45, 7) is 3.93. The van der Waals surface area contributed by atoms with E-state index in [1.807, 2.05) is 17.9 Å². The Morgan fingerprint density at radius 2 is 1.78 bits per heavy atom.